The summed E-state index contributed by atoms with van der Waals surface area (Å²) in [7, 11) is 1.62. The van der Waals surface area contributed by atoms with Crippen molar-refractivity contribution >= 4 is 11.8 Å². The van der Waals surface area contributed by atoms with Gasteiger partial charge in [-0.3, -0.25) is 14.7 Å². The van der Waals surface area contributed by atoms with Crippen molar-refractivity contribution in [3.05, 3.63) is 76.0 Å². The molecule has 2 aromatic carbocycles. The Morgan fingerprint density at radius 2 is 1.94 bits per heavy atom. The van der Waals surface area contributed by atoms with E-state index in [0.717, 1.165) is 47.2 Å². The minimum absolute atomic E-state index is 0.0465. The molecule has 0 radical (unpaired) electrons. The number of benzene rings is 2. The Morgan fingerprint density at radius 1 is 1.18 bits per heavy atom. The van der Waals surface area contributed by atoms with Gasteiger partial charge in [-0.2, -0.15) is 5.10 Å². The number of fused-ring (bicyclic) bond motifs is 2. The summed E-state index contributed by atoms with van der Waals surface area (Å²) in [4.78, 5) is 26.9. The van der Waals surface area contributed by atoms with Crippen molar-refractivity contribution in [1.29, 1.82) is 0 Å². The van der Waals surface area contributed by atoms with E-state index in [-0.39, 0.29) is 17.9 Å². The summed E-state index contributed by atoms with van der Waals surface area (Å²) in [5.74, 6) is -0.0688. The van der Waals surface area contributed by atoms with Crippen LogP contribution in [0.4, 0.5) is 0 Å². The predicted molar refractivity (Wildman–Crippen MR) is 128 cm³/mol. The lowest BCUT2D eigenvalue weighted by Gasteiger charge is -2.29. The van der Waals surface area contributed by atoms with Gasteiger partial charge >= 0.3 is 0 Å². The molecule has 1 aliphatic heterocycles. The van der Waals surface area contributed by atoms with Crippen LogP contribution in [-0.2, 0) is 19.4 Å². The van der Waals surface area contributed by atoms with Crippen LogP contribution in [0.5, 0.6) is 0 Å². The number of H-pyrrole nitrogens is 1. The van der Waals surface area contributed by atoms with E-state index >= 15 is 0 Å². The van der Waals surface area contributed by atoms with Gasteiger partial charge in [-0.25, -0.2) is 0 Å². The zero-order chi connectivity index (χ0) is 23.3. The average molecular weight is 443 g/mol. The molecule has 0 bridgehead atoms. The number of carbonyl (C=O) groups is 2. The van der Waals surface area contributed by atoms with E-state index in [0.29, 0.717) is 17.5 Å². The molecule has 33 heavy (non-hydrogen) atoms. The lowest BCUT2D eigenvalue weighted by Crippen LogP contribution is -2.27. The Kier molecular flexibility index (Phi) is 5.11. The first kappa shape index (κ1) is 21.4. The van der Waals surface area contributed by atoms with E-state index in [4.69, 9.17) is 0 Å². The van der Waals surface area contributed by atoms with Gasteiger partial charge in [-0.15, -0.1) is 0 Å². The van der Waals surface area contributed by atoms with Gasteiger partial charge < -0.3 is 10.2 Å². The van der Waals surface area contributed by atoms with Gasteiger partial charge in [0.15, 0.2) is 0 Å². The first-order valence-corrected chi connectivity index (χ1v) is 11.6. The van der Waals surface area contributed by atoms with Crippen LogP contribution in [0.2, 0.25) is 0 Å². The summed E-state index contributed by atoms with van der Waals surface area (Å²) < 4.78 is 0. The second-order valence-corrected chi connectivity index (χ2v) is 10.1. The number of amides is 2. The third kappa shape index (κ3) is 3.73. The van der Waals surface area contributed by atoms with Gasteiger partial charge in [-0.1, -0.05) is 32.0 Å². The van der Waals surface area contributed by atoms with Crippen molar-refractivity contribution in [3.63, 3.8) is 0 Å². The van der Waals surface area contributed by atoms with Crippen LogP contribution >= 0.6 is 0 Å². The van der Waals surface area contributed by atoms with Crippen LogP contribution in [0, 0.1) is 5.41 Å². The highest BCUT2D eigenvalue weighted by Crippen LogP contribution is 2.39. The first-order chi connectivity index (χ1) is 15.8. The fraction of sp³-hybridized carbons (Fsp3) is 0.370. The fourth-order valence-corrected chi connectivity index (χ4v) is 5.13. The van der Waals surface area contributed by atoms with E-state index in [1.54, 1.807) is 19.2 Å². The summed E-state index contributed by atoms with van der Waals surface area (Å²) in [5, 5.41) is 10.6. The second-order valence-electron chi connectivity index (χ2n) is 10.1. The van der Waals surface area contributed by atoms with Crippen molar-refractivity contribution in [2.75, 3.05) is 7.05 Å². The Labute approximate surface area is 194 Å². The van der Waals surface area contributed by atoms with Gasteiger partial charge in [0.1, 0.15) is 0 Å². The molecule has 1 aliphatic carbocycles. The van der Waals surface area contributed by atoms with Gasteiger partial charge in [-0.05, 0) is 67.0 Å². The molecule has 1 atom stereocenters. The number of aromatic nitrogens is 2. The zero-order valence-corrected chi connectivity index (χ0v) is 19.7. The molecule has 5 rings (SSSR count). The third-order valence-corrected chi connectivity index (χ3v) is 7.22. The molecule has 3 aromatic rings. The van der Waals surface area contributed by atoms with Crippen molar-refractivity contribution in [3.8, 4) is 11.3 Å². The largest absolute Gasteiger partial charge is 0.355 e. The van der Waals surface area contributed by atoms with Crippen LogP contribution in [0.1, 0.15) is 76.3 Å². The summed E-state index contributed by atoms with van der Waals surface area (Å²) in [5.41, 5.74) is 8.38. The van der Waals surface area contributed by atoms with E-state index in [9.17, 15) is 9.59 Å². The molecular weight excluding hydrogens is 412 g/mol. The Bertz CT molecular complexity index is 1240. The van der Waals surface area contributed by atoms with Gasteiger partial charge in [0.25, 0.3) is 11.8 Å². The van der Waals surface area contributed by atoms with Crippen LogP contribution in [0.25, 0.3) is 11.3 Å². The van der Waals surface area contributed by atoms with Gasteiger partial charge in [0, 0.05) is 41.5 Å². The van der Waals surface area contributed by atoms with Gasteiger partial charge in [0.2, 0.25) is 0 Å². The van der Waals surface area contributed by atoms with Crippen molar-refractivity contribution in [2.24, 2.45) is 5.41 Å². The molecule has 0 saturated carbocycles. The predicted octanol–water partition coefficient (Wildman–Crippen LogP) is 4.67. The van der Waals surface area contributed by atoms with Crippen LogP contribution in [0.3, 0.4) is 0 Å². The molecule has 2 heterocycles. The average Bonchev–Trinajstić information content (AvgIpc) is 3.37. The maximum Gasteiger partial charge on any atom is 0.255 e. The standard InChI is InChI=1S/C27H30N4O2/c1-16(17-5-7-18(8-6-17)25(32)28-4)31-15-20-13-19(9-10-21(20)26(31)33)24-22-11-12-27(2,3)14-23(22)29-30-24/h5-10,13,16H,11-12,14-15H2,1-4H3,(H,28,32)(H,29,30)/t16-/m1/s1. The molecule has 0 fully saturated rings. The monoisotopic (exact) mass is 442 g/mol. The summed E-state index contributed by atoms with van der Waals surface area (Å²) in [6, 6.07) is 13.5. The third-order valence-electron chi connectivity index (χ3n) is 7.22. The van der Waals surface area contributed by atoms with Crippen LogP contribution < -0.4 is 5.32 Å². The van der Waals surface area contributed by atoms with Crippen molar-refractivity contribution in [2.45, 2.75) is 52.6 Å². The Balaban J connectivity index is 1.39. The lowest BCUT2D eigenvalue weighted by atomic mass is 9.76. The van der Waals surface area contributed by atoms with E-state index < -0.39 is 0 Å². The molecule has 0 unspecified atom stereocenters. The summed E-state index contributed by atoms with van der Waals surface area (Å²) in [6.45, 7) is 7.21. The maximum atomic E-state index is 13.2. The molecule has 2 aliphatic rings. The van der Waals surface area contributed by atoms with Crippen molar-refractivity contribution < 1.29 is 9.59 Å². The quantitative estimate of drug-likeness (QED) is 0.616. The SMILES string of the molecule is CNC(=O)c1ccc([C@@H](C)N2Cc3cc(-c4n[nH]c5c4CCC(C)(C)C5)ccc3C2=O)cc1. The van der Waals surface area contributed by atoms with E-state index in [2.05, 4.69) is 35.4 Å². The Hall–Kier alpha value is -3.41. The minimum atomic E-state index is -0.115. The molecule has 2 N–H and O–H groups in total. The number of carbonyl (C=O) groups excluding carboxylic acids is 2. The van der Waals surface area contributed by atoms with E-state index in [1.165, 1.54) is 11.3 Å². The smallest absolute Gasteiger partial charge is 0.255 e. The number of rotatable bonds is 4. The highest BCUT2D eigenvalue weighted by Gasteiger charge is 2.33. The molecule has 2 amide bonds. The molecular formula is C27H30N4O2. The fourth-order valence-electron chi connectivity index (χ4n) is 5.13. The van der Waals surface area contributed by atoms with Crippen LogP contribution in [-0.4, -0.2) is 34.0 Å². The molecule has 0 spiro atoms. The molecule has 170 valence electrons. The number of hydrogen-bond donors (Lipinski definition) is 2. The number of nitrogens with one attached hydrogen (secondary N) is 2. The molecule has 0 saturated heterocycles. The number of nitrogens with zero attached hydrogens (tertiary/aromatic N) is 2. The zero-order valence-electron chi connectivity index (χ0n) is 19.7. The molecule has 6 nitrogen and oxygen atoms in total. The topological polar surface area (TPSA) is 78.1 Å². The maximum absolute atomic E-state index is 13.2. The highest BCUT2D eigenvalue weighted by atomic mass is 16.2. The van der Waals surface area contributed by atoms with E-state index in [1.807, 2.05) is 36.1 Å². The lowest BCUT2D eigenvalue weighted by molar-refractivity contribution is 0.0715. The minimum Gasteiger partial charge on any atom is -0.355 e. The first-order valence-electron chi connectivity index (χ1n) is 11.6. The summed E-state index contributed by atoms with van der Waals surface area (Å²) >= 11 is 0. The van der Waals surface area contributed by atoms with Crippen molar-refractivity contribution in [1.82, 2.24) is 20.4 Å². The highest BCUT2D eigenvalue weighted by molar-refractivity contribution is 5.99. The Morgan fingerprint density at radius 3 is 2.67 bits per heavy atom. The normalized spacial score (nSPS) is 17.5. The summed E-state index contributed by atoms with van der Waals surface area (Å²) in [6.07, 6.45) is 3.20. The van der Waals surface area contributed by atoms with Gasteiger partial charge in [0.05, 0.1) is 11.7 Å². The molecule has 6 heteroatoms. The van der Waals surface area contributed by atoms with Crippen LogP contribution in [0.15, 0.2) is 42.5 Å². The second kappa shape index (κ2) is 7.87. The number of aromatic amines is 1. The number of hydrogen-bond acceptors (Lipinski definition) is 3. The molecule has 1 aromatic heterocycles.